The number of carbonyl (C=O) groups is 2. The zero-order chi connectivity index (χ0) is 17.6. The summed E-state index contributed by atoms with van der Waals surface area (Å²) in [6.07, 6.45) is 3.50. The number of anilines is 1. The van der Waals surface area contributed by atoms with Crippen molar-refractivity contribution in [3.05, 3.63) is 65.7 Å². The molecule has 1 fully saturated rings. The number of benzene rings is 2. The van der Waals surface area contributed by atoms with Gasteiger partial charge in [-0.1, -0.05) is 48.9 Å². The van der Waals surface area contributed by atoms with Crippen LogP contribution in [0, 0.1) is 0 Å². The van der Waals surface area contributed by atoms with Gasteiger partial charge in [-0.15, -0.1) is 0 Å². The Balaban J connectivity index is 1.72. The van der Waals surface area contributed by atoms with Gasteiger partial charge in [0.05, 0.1) is 12.2 Å². The van der Waals surface area contributed by atoms with Gasteiger partial charge >= 0.3 is 0 Å². The van der Waals surface area contributed by atoms with E-state index in [4.69, 9.17) is 0 Å². The van der Waals surface area contributed by atoms with Crippen LogP contribution in [0.15, 0.2) is 54.6 Å². The highest BCUT2D eigenvalue weighted by Gasteiger charge is 2.21. The number of ketones is 1. The molecule has 1 N–H and O–H groups in total. The Morgan fingerprint density at radius 3 is 2.52 bits per heavy atom. The van der Waals surface area contributed by atoms with E-state index in [2.05, 4.69) is 17.1 Å². The molecule has 3 rings (SSSR count). The lowest BCUT2D eigenvalue weighted by molar-refractivity contribution is -0.118. The Bertz CT molecular complexity index is 743. The Morgan fingerprint density at radius 2 is 1.76 bits per heavy atom. The van der Waals surface area contributed by atoms with Gasteiger partial charge in [-0.25, -0.2) is 0 Å². The largest absolute Gasteiger partial charge is 0.324 e. The number of hydrogen-bond acceptors (Lipinski definition) is 3. The van der Waals surface area contributed by atoms with Crippen LogP contribution in [0.25, 0.3) is 0 Å². The molecule has 4 heteroatoms. The zero-order valence-corrected chi connectivity index (χ0v) is 14.6. The molecule has 1 heterocycles. The summed E-state index contributed by atoms with van der Waals surface area (Å²) in [6.45, 7) is 3.49. The fraction of sp³-hybridized carbons (Fsp3) is 0.333. The predicted molar refractivity (Wildman–Crippen MR) is 99.8 cm³/mol. The van der Waals surface area contributed by atoms with Crippen LogP contribution in [0.3, 0.4) is 0 Å². The highest BCUT2D eigenvalue weighted by molar-refractivity contribution is 6.13. The molecule has 4 nitrogen and oxygen atoms in total. The average molecular weight is 336 g/mol. The van der Waals surface area contributed by atoms with Crippen molar-refractivity contribution in [2.45, 2.75) is 32.2 Å². The Hall–Kier alpha value is -2.46. The number of carbonyl (C=O) groups excluding carboxylic acids is 2. The van der Waals surface area contributed by atoms with Crippen molar-refractivity contribution < 1.29 is 9.59 Å². The molecule has 1 amide bonds. The van der Waals surface area contributed by atoms with Crippen molar-refractivity contribution in [2.75, 3.05) is 18.4 Å². The van der Waals surface area contributed by atoms with Gasteiger partial charge in [-0.2, -0.15) is 0 Å². The molecule has 0 saturated carbocycles. The number of likely N-dealkylation sites (tertiary alicyclic amines) is 1. The number of piperidine rings is 1. The molecule has 25 heavy (non-hydrogen) atoms. The third-order valence-electron chi connectivity index (χ3n) is 4.77. The van der Waals surface area contributed by atoms with Gasteiger partial charge in [-0.3, -0.25) is 14.5 Å². The maximum absolute atomic E-state index is 12.7. The summed E-state index contributed by atoms with van der Waals surface area (Å²) >= 11 is 0. The molecule has 2 aromatic rings. The first-order chi connectivity index (χ1) is 12.1. The van der Waals surface area contributed by atoms with E-state index in [0.29, 0.717) is 29.4 Å². The monoisotopic (exact) mass is 336 g/mol. The first kappa shape index (κ1) is 17.4. The minimum absolute atomic E-state index is 0.0675. The first-order valence-corrected chi connectivity index (χ1v) is 8.88. The second-order valence-electron chi connectivity index (χ2n) is 6.60. The normalized spacial score (nSPS) is 17.9. The van der Waals surface area contributed by atoms with E-state index in [1.54, 1.807) is 24.3 Å². The fourth-order valence-electron chi connectivity index (χ4n) is 3.30. The van der Waals surface area contributed by atoms with Crippen LogP contribution in [0.4, 0.5) is 5.69 Å². The van der Waals surface area contributed by atoms with Gasteiger partial charge in [0.25, 0.3) is 0 Å². The van der Waals surface area contributed by atoms with E-state index >= 15 is 0 Å². The maximum atomic E-state index is 12.7. The van der Waals surface area contributed by atoms with E-state index in [1.165, 1.54) is 6.42 Å². The third kappa shape index (κ3) is 4.34. The van der Waals surface area contributed by atoms with Crippen LogP contribution in [0.1, 0.15) is 42.1 Å². The molecule has 1 aliphatic heterocycles. The maximum Gasteiger partial charge on any atom is 0.238 e. The molecule has 1 saturated heterocycles. The second-order valence-corrected chi connectivity index (χ2v) is 6.60. The van der Waals surface area contributed by atoms with Crippen molar-refractivity contribution in [2.24, 2.45) is 0 Å². The number of hydrogen-bond donors (Lipinski definition) is 1. The molecular weight excluding hydrogens is 312 g/mol. The van der Waals surface area contributed by atoms with Crippen LogP contribution in [-0.2, 0) is 4.79 Å². The summed E-state index contributed by atoms with van der Waals surface area (Å²) in [6, 6.07) is 16.8. The second kappa shape index (κ2) is 8.08. The smallest absolute Gasteiger partial charge is 0.238 e. The molecule has 0 radical (unpaired) electrons. The molecule has 0 bridgehead atoms. The van der Waals surface area contributed by atoms with E-state index in [1.807, 2.05) is 30.3 Å². The highest BCUT2D eigenvalue weighted by atomic mass is 16.2. The summed E-state index contributed by atoms with van der Waals surface area (Å²) in [5.41, 5.74) is 1.72. The molecule has 2 aromatic carbocycles. The van der Waals surface area contributed by atoms with Crippen molar-refractivity contribution in [3.8, 4) is 0 Å². The Kier molecular flexibility index (Phi) is 5.61. The zero-order valence-electron chi connectivity index (χ0n) is 14.6. The quantitative estimate of drug-likeness (QED) is 0.847. The molecule has 0 unspecified atom stereocenters. The van der Waals surface area contributed by atoms with Crippen LogP contribution in [0.5, 0.6) is 0 Å². The summed E-state index contributed by atoms with van der Waals surface area (Å²) in [7, 11) is 0. The van der Waals surface area contributed by atoms with E-state index in [-0.39, 0.29) is 11.7 Å². The van der Waals surface area contributed by atoms with Crippen molar-refractivity contribution in [1.29, 1.82) is 0 Å². The van der Waals surface area contributed by atoms with E-state index < -0.39 is 0 Å². The van der Waals surface area contributed by atoms with Crippen molar-refractivity contribution >= 4 is 17.4 Å². The van der Waals surface area contributed by atoms with Crippen molar-refractivity contribution in [3.63, 3.8) is 0 Å². The van der Waals surface area contributed by atoms with Gasteiger partial charge in [0.2, 0.25) is 5.91 Å². The van der Waals surface area contributed by atoms with E-state index in [9.17, 15) is 9.59 Å². The molecule has 0 aromatic heterocycles. The molecule has 130 valence electrons. The predicted octanol–water partition coefficient (Wildman–Crippen LogP) is 3.73. The topological polar surface area (TPSA) is 49.4 Å². The van der Waals surface area contributed by atoms with Gasteiger partial charge in [0, 0.05) is 17.2 Å². The lowest BCUT2D eigenvalue weighted by atomic mass is 10.0. The Labute approximate surface area is 148 Å². The lowest BCUT2D eigenvalue weighted by Crippen LogP contribution is -2.42. The van der Waals surface area contributed by atoms with E-state index in [0.717, 1.165) is 19.4 Å². The summed E-state index contributed by atoms with van der Waals surface area (Å²) in [4.78, 5) is 27.4. The number of rotatable bonds is 5. The Morgan fingerprint density at radius 1 is 1.04 bits per heavy atom. The fourth-order valence-corrected chi connectivity index (χ4v) is 3.30. The van der Waals surface area contributed by atoms with Gasteiger partial charge in [0.15, 0.2) is 5.78 Å². The standard InChI is InChI=1S/C21H24N2O2/c1-16-9-7-8-14-23(16)15-20(24)22-19-13-6-5-12-18(19)21(25)17-10-3-2-4-11-17/h2-6,10-13,16H,7-9,14-15H2,1H3,(H,22,24)/t16-/m0/s1. The SMILES string of the molecule is C[C@H]1CCCCN1CC(=O)Nc1ccccc1C(=O)c1ccccc1. The van der Waals surface area contributed by atoms with Gasteiger partial charge in [-0.05, 0) is 38.4 Å². The highest BCUT2D eigenvalue weighted by Crippen LogP contribution is 2.20. The van der Waals surface area contributed by atoms with Gasteiger partial charge < -0.3 is 5.32 Å². The number of amides is 1. The summed E-state index contributed by atoms with van der Waals surface area (Å²) < 4.78 is 0. The molecule has 0 aliphatic carbocycles. The lowest BCUT2D eigenvalue weighted by Gasteiger charge is -2.32. The molecule has 0 spiro atoms. The van der Waals surface area contributed by atoms with Crippen LogP contribution in [-0.4, -0.2) is 35.7 Å². The van der Waals surface area contributed by atoms with Crippen LogP contribution >= 0.6 is 0 Å². The minimum atomic E-state index is -0.0807. The third-order valence-corrected chi connectivity index (χ3v) is 4.77. The minimum Gasteiger partial charge on any atom is -0.324 e. The van der Waals surface area contributed by atoms with Crippen LogP contribution in [0.2, 0.25) is 0 Å². The number of para-hydroxylation sites is 1. The van der Waals surface area contributed by atoms with Crippen molar-refractivity contribution in [1.82, 2.24) is 4.90 Å². The van der Waals surface area contributed by atoms with Gasteiger partial charge in [0.1, 0.15) is 0 Å². The number of nitrogens with one attached hydrogen (secondary N) is 1. The average Bonchev–Trinajstić information content (AvgIpc) is 2.64. The number of nitrogens with zero attached hydrogens (tertiary/aromatic N) is 1. The molecule has 1 atom stereocenters. The summed E-state index contributed by atoms with van der Waals surface area (Å²) in [5.74, 6) is -0.148. The summed E-state index contributed by atoms with van der Waals surface area (Å²) in [5, 5.41) is 2.93. The van der Waals surface area contributed by atoms with Crippen LogP contribution < -0.4 is 5.32 Å². The first-order valence-electron chi connectivity index (χ1n) is 8.88. The molecular formula is C21H24N2O2. The molecule has 1 aliphatic rings.